The lowest BCUT2D eigenvalue weighted by molar-refractivity contribution is 0.0242. The lowest BCUT2D eigenvalue weighted by atomic mass is 10.0. The lowest BCUT2D eigenvalue weighted by Gasteiger charge is -2.43. The lowest BCUT2D eigenvalue weighted by Crippen LogP contribution is -2.61. The van der Waals surface area contributed by atoms with Crippen LogP contribution >= 0.6 is 0 Å². The van der Waals surface area contributed by atoms with E-state index in [1.165, 1.54) is 0 Å². The summed E-state index contributed by atoms with van der Waals surface area (Å²) in [5.41, 5.74) is 1.17. The predicted molar refractivity (Wildman–Crippen MR) is 95.9 cm³/mol. The number of carbonyl (C=O) groups excluding carboxylic acids is 1. The number of imidazole rings is 1. The van der Waals surface area contributed by atoms with Crippen LogP contribution in [0.4, 0.5) is 0 Å². The Morgan fingerprint density at radius 2 is 2.08 bits per heavy atom. The van der Waals surface area contributed by atoms with Gasteiger partial charge in [-0.3, -0.25) is 14.1 Å². The van der Waals surface area contributed by atoms with Crippen LogP contribution in [-0.4, -0.2) is 90.4 Å². The smallest absolute Gasteiger partial charge is 0.272 e. The van der Waals surface area contributed by atoms with Gasteiger partial charge in [0.2, 0.25) is 0 Å². The van der Waals surface area contributed by atoms with Crippen LogP contribution in [0, 0.1) is 0 Å². The van der Waals surface area contributed by atoms with Crippen molar-refractivity contribution in [2.24, 2.45) is 0 Å². The van der Waals surface area contributed by atoms with E-state index in [4.69, 9.17) is 4.74 Å². The number of carbonyl (C=O) groups is 1. The fourth-order valence-corrected chi connectivity index (χ4v) is 6.01. The maximum absolute atomic E-state index is 13.2. The molecule has 0 saturated carbocycles. The van der Waals surface area contributed by atoms with Gasteiger partial charge in [0.1, 0.15) is 11.3 Å². The van der Waals surface area contributed by atoms with Crippen LogP contribution in [0.5, 0.6) is 0 Å². The minimum absolute atomic E-state index is 0.0175. The van der Waals surface area contributed by atoms with Crippen LogP contribution in [0.25, 0.3) is 5.65 Å². The van der Waals surface area contributed by atoms with Crippen molar-refractivity contribution in [2.75, 3.05) is 44.9 Å². The molecule has 0 N–H and O–H groups in total. The first-order valence-corrected chi connectivity index (χ1v) is 10.5. The molecular formula is C17H22N4O4S. The number of aromatic nitrogens is 2. The van der Waals surface area contributed by atoms with Gasteiger partial charge in [-0.1, -0.05) is 6.07 Å². The Hall–Kier alpha value is -1.97. The number of amides is 1. The Morgan fingerprint density at radius 3 is 2.88 bits per heavy atom. The molecule has 2 saturated heterocycles. The van der Waals surface area contributed by atoms with Crippen LogP contribution in [0.15, 0.2) is 30.6 Å². The van der Waals surface area contributed by atoms with Crippen molar-refractivity contribution in [3.05, 3.63) is 36.3 Å². The van der Waals surface area contributed by atoms with Crippen LogP contribution in [0.2, 0.25) is 0 Å². The minimum Gasteiger partial charge on any atom is -0.383 e. The van der Waals surface area contributed by atoms with Crippen molar-refractivity contribution in [3.8, 4) is 0 Å². The number of ether oxygens (including phenoxy) is 1. The third-order valence-corrected chi connectivity index (χ3v) is 6.97. The van der Waals surface area contributed by atoms with E-state index in [9.17, 15) is 13.2 Å². The normalized spacial score (nSPS) is 25.5. The standard InChI is InChI=1S/C17H22N4O4S/c1-25-9-8-19-6-7-21(15-12-26(23,24)11-14(15)19)17(22)13-10-18-16-4-2-3-5-20(13)16/h2-5,10,14-15H,6-9,11-12H2,1H3/t14-,15+/m0/s1. The molecule has 2 fully saturated rings. The topological polar surface area (TPSA) is 84.2 Å². The number of fused-ring (bicyclic) bond motifs is 2. The molecular weight excluding hydrogens is 356 g/mol. The number of hydrogen-bond acceptors (Lipinski definition) is 6. The van der Waals surface area contributed by atoms with Gasteiger partial charge >= 0.3 is 0 Å². The number of methoxy groups -OCH3 is 1. The summed E-state index contributed by atoms with van der Waals surface area (Å²) in [7, 11) is -1.53. The Balaban J connectivity index is 1.63. The highest BCUT2D eigenvalue weighted by atomic mass is 32.2. The zero-order chi connectivity index (χ0) is 18.3. The average Bonchev–Trinajstić information content (AvgIpc) is 3.19. The molecule has 0 aliphatic carbocycles. The van der Waals surface area contributed by atoms with E-state index in [1.54, 1.807) is 28.8 Å². The Kier molecular flexibility index (Phi) is 4.45. The molecule has 8 nitrogen and oxygen atoms in total. The molecule has 0 spiro atoms. The fourth-order valence-electron chi connectivity index (χ4n) is 4.00. The zero-order valence-electron chi connectivity index (χ0n) is 14.6. The summed E-state index contributed by atoms with van der Waals surface area (Å²) >= 11 is 0. The second-order valence-corrected chi connectivity index (χ2v) is 8.96. The van der Waals surface area contributed by atoms with Gasteiger partial charge in [0.25, 0.3) is 5.91 Å². The molecule has 2 atom stereocenters. The first kappa shape index (κ1) is 17.4. The number of rotatable bonds is 4. The van der Waals surface area contributed by atoms with Gasteiger partial charge in [0, 0.05) is 39.0 Å². The van der Waals surface area contributed by atoms with Gasteiger partial charge in [-0.2, -0.15) is 0 Å². The Labute approximate surface area is 152 Å². The molecule has 1 amide bonds. The van der Waals surface area contributed by atoms with E-state index in [2.05, 4.69) is 9.88 Å². The Morgan fingerprint density at radius 1 is 1.27 bits per heavy atom. The third kappa shape index (κ3) is 3.00. The second-order valence-electron chi connectivity index (χ2n) is 6.81. The van der Waals surface area contributed by atoms with Gasteiger partial charge in [0.15, 0.2) is 9.84 Å². The summed E-state index contributed by atoms with van der Waals surface area (Å²) in [6.45, 7) is 2.36. The number of piperazine rings is 1. The second kappa shape index (κ2) is 6.64. The molecule has 0 radical (unpaired) electrons. The summed E-state index contributed by atoms with van der Waals surface area (Å²) in [6, 6.07) is 5.05. The quantitative estimate of drug-likeness (QED) is 0.739. The summed E-state index contributed by atoms with van der Waals surface area (Å²) in [4.78, 5) is 21.3. The van der Waals surface area contributed by atoms with E-state index in [0.717, 1.165) is 0 Å². The summed E-state index contributed by atoms with van der Waals surface area (Å²) in [5, 5.41) is 0. The van der Waals surface area contributed by atoms with E-state index in [1.807, 2.05) is 18.2 Å². The molecule has 2 aromatic rings. The van der Waals surface area contributed by atoms with Crippen molar-refractivity contribution in [2.45, 2.75) is 12.1 Å². The van der Waals surface area contributed by atoms with Gasteiger partial charge in [0.05, 0.1) is 30.4 Å². The first-order chi connectivity index (χ1) is 12.5. The van der Waals surface area contributed by atoms with Crippen molar-refractivity contribution in [1.82, 2.24) is 19.2 Å². The fraction of sp³-hybridized carbons (Fsp3) is 0.529. The SMILES string of the molecule is COCCN1CCN(C(=O)c2cnc3ccccn23)[C@@H]2CS(=O)(=O)C[C@@H]21. The average molecular weight is 378 g/mol. The number of nitrogens with zero attached hydrogens (tertiary/aromatic N) is 4. The monoisotopic (exact) mass is 378 g/mol. The molecule has 26 heavy (non-hydrogen) atoms. The maximum atomic E-state index is 13.2. The molecule has 2 aliphatic heterocycles. The summed E-state index contributed by atoms with van der Waals surface area (Å²) in [6.07, 6.45) is 3.36. The first-order valence-electron chi connectivity index (χ1n) is 8.66. The van der Waals surface area contributed by atoms with E-state index in [-0.39, 0.29) is 29.5 Å². The molecule has 4 heterocycles. The molecule has 4 rings (SSSR count). The number of hydrogen-bond donors (Lipinski definition) is 0. The van der Waals surface area contributed by atoms with Gasteiger partial charge in [-0.25, -0.2) is 13.4 Å². The van der Waals surface area contributed by atoms with Crippen molar-refractivity contribution in [1.29, 1.82) is 0 Å². The van der Waals surface area contributed by atoms with E-state index >= 15 is 0 Å². The molecule has 140 valence electrons. The van der Waals surface area contributed by atoms with Crippen LogP contribution in [-0.2, 0) is 14.6 Å². The predicted octanol–water partition coefficient (Wildman–Crippen LogP) is -0.0959. The molecule has 0 aromatic carbocycles. The molecule has 9 heteroatoms. The maximum Gasteiger partial charge on any atom is 0.272 e. The third-order valence-electron chi connectivity index (χ3n) is 5.27. The van der Waals surface area contributed by atoms with Crippen molar-refractivity contribution in [3.63, 3.8) is 0 Å². The van der Waals surface area contributed by atoms with Gasteiger partial charge in [-0.05, 0) is 12.1 Å². The van der Waals surface area contributed by atoms with Crippen LogP contribution < -0.4 is 0 Å². The minimum atomic E-state index is -3.16. The molecule has 0 unspecified atom stereocenters. The number of pyridine rings is 1. The largest absolute Gasteiger partial charge is 0.383 e. The van der Waals surface area contributed by atoms with E-state index < -0.39 is 9.84 Å². The molecule has 2 aromatic heterocycles. The van der Waals surface area contributed by atoms with Gasteiger partial charge in [-0.15, -0.1) is 0 Å². The highest BCUT2D eigenvalue weighted by molar-refractivity contribution is 7.91. The van der Waals surface area contributed by atoms with Crippen LogP contribution in [0.3, 0.4) is 0 Å². The molecule has 0 bridgehead atoms. The zero-order valence-corrected chi connectivity index (χ0v) is 15.4. The highest BCUT2D eigenvalue weighted by Crippen LogP contribution is 2.28. The van der Waals surface area contributed by atoms with Gasteiger partial charge < -0.3 is 9.64 Å². The van der Waals surface area contributed by atoms with Crippen molar-refractivity contribution < 1.29 is 17.9 Å². The van der Waals surface area contributed by atoms with Crippen LogP contribution in [0.1, 0.15) is 10.5 Å². The number of sulfone groups is 1. The highest BCUT2D eigenvalue weighted by Gasteiger charge is 2.48. The summed E-state index contributed by atoms with van der Waals surface area (Å²) < 4.78 is 31.4. The van der Waals surface area contributed by atoms with Crippen molar-refractivity contribution >= 4 is 21.4 Å². The summed E-state index contributed by atoms with van der Waals surface area (Å²) in [5.74, 6) is -0.0516. The Bertz CT molecular complexity index is 926. The van der Waals surface area contributed by atoms with E-state index in [0.29, 0.717) is 37.6 Å². The molecule has 2 aliphatic rings.